The molecule has 4 nitrogen and oxygen atoms in total. The topological polar surface area (TPSA) is 62.0 Å². The van der Waals surface area contributed by atoms with Crippen LogP contribution in [-0.4, -0.2) is 22.4 Å². The normalized spacial score (nSPS) is 33.0. The number of carboxylic acids is 1. The van der Waals surface area contributed by atoms with Crippen molar-refractivity contribution in [3.8, 4) is 0 Å². The van der Waals surface area contributed by atoms with Gasteiger partial charge in [-0.1, -0.05) is 0 Å². The highest BCUT2D eigenvalue weighted by Gasteiger charge is 2.36. The lowest BCUT2D eigenvalue weighted by molar-refractivity contribution is -0.141. The van der Waals surface area contributed by atoms with Crippen molar-refractivity contribution in [3.63, 3.8) is 0 Å². The molecule has 1 atom stereocenters. The fraction of sp³-hybridized carbons (Fsp3) is 0.750. The summed E-state index contributed by atoms with van der Waals surface area (Å²) in [5.74, 6) is -0.459. The molecule has 1 heterocycles. The Hall–Kier alpha value is -0.580. The van der Waals surface area contributed by atoms with Gasteiger partial charge in [0.15, 0.2) is 5.54 Å². The molecule has 1 aliphatic rings. The monoisotopic (exact) mass is 146 g/mol. The van der Waals surface area contributed by atoms with Crippen molar-refractivity contribution in [2.75, 3.05) is 5.75 Å². The Bertz CT molecular complexity index is 170. The quantitative estimate of drug-likeness (QED) is 0.560. The molecule has 0 aromatic rings. The molecule has 1 unspecified atom stereocenters. The highest BCUT2D eigenvalue weighted by Crippen LogP contribution is 2.26. The Labute approximate surface area is 56.5 Å². The van der Waals surface area contributed by atoms with Gasteiger partial charge >= 0.3 is 5.97 Å². The number of rotatable bonds is 1. The predicted octanol–water partition coefficient (Wildman–Crippen LogP) is 0.944. The SMILES string of the molecule is CC1(C(=O)O)CSN=N1. The van der Waals surface area contributed by atoms with Crippen molar-refractivity contribution in [1.29, 1.82) is 0 Å². The summed E-state index contributed by atoms with van der Waals surface area (Å²) in [6.07, 6.45) is 0. The number of hydrogen-bond donors (Lipinski definition) is 1. The molecule has 0 fully saturated rings. The Morgan fingerprint density at radius 2 is 2.56 bits per heavy atom. The van der Waals surface area contributed by atoms with Crippen molar-refractivity contribution in [2.24, 2.45) is 9.63 Å². The highest BCUT2D eigenvalue weighted by molar-refractivity contribution is 7.98. The van der Waals surface area contributed by atoms with E-state index in [0.29, 0.717) is 5.75 Å². The van der Waals surface area contributed by atoms with Gasteiger partial charge in [-0.2, -0.15) is 5.11 Å². The lowest BCUT2D eigenvalue weighted by atomic mass is 10.1. The van der Waals surface area contributed by atoms with E-state index in [1.807, 2.05) is 0 Å². The molecule has 0 bridgehead atoms. The first-order valence-electron chi connectivity index (χ1n) is 2.43. The molecule has 0 aromatic heterocycles. The summed E-state index contributed by atoms with van der Waals surface area (Å²) < 4.78 is 3.52. The number of carbonyl (C=O) groups is 1. The molecule has 50 valence electrons. The molecule has 0 aliphatic carbocycles. The van der Waals surface area contributed by atoms with Crippen LogP contribution in [0.15, 0.2) is 9.63 Å². The van der Waals surface area contributed by atoms with Crippen molar-refractivity contribution in [2.45, 2.75) is 12.5 Å². The first kappa shape index (κ1) is 6.54. The largest absolute Gasteiger partial charge is 0.479 e. The van der Waals surface area contributed by atoms with Crippen LogP contribution in [0.3, 0.4) is 0 Å². The zero-order valence-electron chi connectivity index (χ0n) is 4.87. The Morgan fingerprint density at radius 3 is 2.78 bits per heavy atom. The van der Waals surface area contributed by atoms with E-state index in [1.165, 1.54) is 11.9 Å². The summed E-state index contributed by atoms with van der Waals surface area (Å²) in [5, 5.41) is 12.1. The van der Waals surface area contributed by atoms with Crippen LogP contribution in [0.1, 0.15) is 6.92 Å². The van der Waals surface area contributed by atoms with E-state index in [0.717, 1.165) is 0 Å². The van der Waals surface area contributed by atoms with Crippen LogP contribution in [-0.2, 0) is 4.79 Å². The van der Waals surface area contributed by atoms with E-state index >= 15 is 0 Å². The van der Waals surface area contributed by atoms with Gasteiger partial charge in [-0.05, 0) is 6.92 Å². The van der Waals surface area contributed by atoms with Crippen LogP contribution in [0, 0.1) is 0 Å². The molecule has 9 heavy (non-hydrogen) atoms. The molecule has 0 spiro atoms. The lowest BCUT2D eigenvalue weighted by Gasteiger charge is -2.08. The standard InChI is InChI=1S/C4H6N2O2S/c1-4(3(7)8)2-9-6-5-4/h2H2,1H3,(H,7,8). The van der Waals surface area contributed by atoms with Gasteiger partial charge in [0.25, 0.3) is 0 Å². The number of aliphatic carboxylic acids is 1. The number of hydrogen-bond acceptors (Lipinski definition) is 4. The molecule has 0 saturated carbocycles. The highest BCUT2D eigenvalue weighted by atomic mass is 32.2. The van der Waals surface area contributed by atoms with Gasteiger partial charge in [0.2, 0.25) is 0 Å². The van der Waals surface area contributed by atoms with Crippen molar-refractivity contribution in [3.05, 3.63) is 0 Å². The molecular formula is C4H6N2O2S. The van der Waals surface area contributed by atoms with E-state index in [1.54, 1.807) is 6.92 Å². The van der Waals surface area contributed by atoms with E-state index in [2.05, 4.69) is 9.63 Å². The van der Waals surface area contributed by atoms with Crippen LogP contribution in [0.5, 0.6) is 0 Å². The van der Waals surface area contributed by atoms with Crippen molar-refractivity contribution < 1.29 is 9.90 Å². The summed E-state index contributed by atoms with van der Waals surface area (Å²) in [4.78, 5) is 10.4. The molecule has 1 rings (SSSR count). The summed E-state index contributed by atoms with van der Waals surface area (Å²) in [5.41, 5.74) is -0.968. The van der Waals surface area contributed by atoms with Crippen LogP contribution in [0.2, 0.25) is 0 Å². The minimum atomic E-state index is -0.968. The van der Waals surface area contributed by atoms with Gasteiger partial charge in [0, 0.05) is 11.9 Å². The average Bonchev–Trinajstić information content (AvgIpc) is 2.16. The third-order valence-electron chi connectivity index (χ3n) is 1.13. The van der Waals surface area contributed by atoms with Gasteiger partial charge in [-0.25, -0.2) is 4.79 Å². The fourth-order valence-corrected chi connectivity index (χ4v) is 1.14. The van der Waals surface area contributed by atoms with Crippen LogP contribution in [0.4, 0.5) is 0 Å². The average molecular weight is 146 g/mol. The summed E-state index contributed by atoms with van der Waals surface area (Å²) in [6, 6.07) is 0. The molecule has 0 amide bonds. The van der Waals surface area contributed by atoms with Crippen LogP contribution in [0.25, 0.3) is 0 Å². The molecule has 1 aliphatic heterocycles. The predicted molar refractivity (Wildman–Crippen MR) is 33.4 cm³/mol. The first-order valence-corrected chi connectivity index (χ1v) is 3.37. The third kappa shape index (κ3) is 1.05. The van der Waals surface area contributed by atoms with Gasteiger partial charge < -0.3 is 5.11 Å². The van der Waals surface area contributed by atoms with Crippen LogP contribution >= 0.6 is 11.9 Å². The Morgan fingerprint density at radius 1 is 1.89 bits per heavy atom. The van der Waals surface area contributed by atoms with E-state index < -0.39 is 11.5 Å². The molecule has 1 N–H and O–H groups in total. The lowest BCUT2D eigenvalue weighted by Crippen LogP contribution is -2.32. The second-order valence-corrected chi connectivity index (χ2v) is 2.74. The second-order valence-electron chi connectivity index (χ2n) is 2.03. The third-order valence-corrected chi connectivity index (χ3v) is 2.01. The van der Waals surface area contributed by atoms with Crippen LogP contribution < -0.4 is 0 Å². The maximum absolute atomic E-state index is 10.4. The second kappa shape index (κ2) is 1.98. The van der Waals surface area contributed by atoms with E-state index in [9.17, 15) is 4.79 Å². The van der Waals surface area contributed by atoms with Gasteiger partial charge in [0.05, 0.1) is 5.75 Å². The molecule has 0 radical (unpaired) electrons. The maximum Gasteiger partial charge on any atom is 0.334 e. The summed E-state index contributed by atoms with van der Waals surface area (Å²) >= 11 is 1.19. The minimum absolute atomic E-state index is 0.447. The number of nitrogens with zero attached hydrogens (tertiary/aromatic N) is 2. The molecule has 5 heteroatoms. The fourth-order valence-electron chi connectivity index (χ4n) is 0.407. The molecular weight excluding hydrogens is 140 g/mol. The Kier molecular flexibility index (Phi) is 1.44. The van der Waals surface area contributed by atoms with E-state index in [-0.39, 0.29) is 0 Å². The van der Waals surface area contributed by atoms with Crippen molar-refractivity contribution >= 4 is 17.9 Å². The van der Waals surface area contributed by atoms with E-state index in [4.69, 9.17) is 5.11 Å². The van der Waals surface area contributed by atoms with Gasteiger partial charge in [-0.15, -0.1) is 4.52 Å². The molecule has 0 aromatic carbocycles. The minimum Gasteiger partial charge on any atom is -0.479 e. The summed E-state index contributed by atoms with van der Waals surface area (Å²) in [6.45, 7) is 1.55. The first-order chi connectivity index (χ1) is 4.15. The van der Waals surface area contributed by atoms with Crippen molar-refractivity contribution in [1.82, 2.24) is 0 Å². The smallest absolute Gasteiger partial charge is 0.334 e. The summed E-state index contributed by atoms with van der Waals surface area (Å²) in [7, 11) is 0. The number of carboxylic acid groups (broad SMARTS) is 1. The van der Waals surface area contributed by atoms with Gasteiger partial charge in [-0.3, -0.25) is 0 Å². The maximum atomic E-state index is 10.4. The zero-order valence-corrected chi connectivity index (χ0v) is 5.68. The molecule has 0 saturated heterocycles. The zero-order chi connectivity index (χ0) is 6.91. The Balaban J connectivity index is 2.74. The van der Waals surface area contributed by atoms with Gasteiger partial charge in [0.1, 0.15) is 0 Å².